The Morgan fingerprint density at radius 3 is 2.59 bits per heavy atom. The van der Waals surface area contributed by atoms with E-state index in [4.69, 9.17) is 14.6 Å². The standard InChI is InChI=1S/C26H32N2O4/c1-2-24-9-10-28(24)25-8-7-21-16-20(5-6-22(21)18-25)17-23(19-27)26(30)4-3-12-31-14-15-32-13-11-29/h5-8,16-18,24,29H,2-4,9-15H2,1H3/b23-17+. The molecule has 6 heteroatoms. The lowest BCUT2D eigenvalue weighted by atomic mass is 9.97. The highest BCUT2D eigenvalue weighted by Gasteiger charge is 2.26. The van der Waals surface area contributed by atoms with Crippen molar-refractivity contribution in [3.8, 4) is 6.07 Å². The minimum Gasteiger partial charge on any atom is -0.394 e. The number of Topliss-reactive ketones (excluding diaryl/α,β-unsaturated/α-hetero) is 1. The van der Waals surface area contributed by atoms with Gasteiger partial charge in [0.05, 0.1) is 32.0 Å². The van der Waals surface area contributed by atoms with E-state index in [-0.39, 0.29) is 24.4 Å². The van der Waals surface area contributed by atoms with Crippen LogP contribution in [0.25, 0.3) is 16.8 Å². The number of aliphatic hydroxyl groups is 1. The summed E-state index contributed by atoms with van der Waals surface area (Å²) < 4.78 is 10.5. The molecule has 1 N–H and O–H groups in total. The molecule has 170 valence electrons. The number of fused-ring (bicyclic) bond motifs is 1. The van der Waals surface area contributed by atoms with E-state index in [2.05, 4.69) is 36.1 Å². The number of rotatable bonds is 13. The third kappa shape index (κ3) is 6.39. The Hall–Kier alpha value is -2.72. The molecule has 0 spiro atoms. The fourth-order valence-corrected chi connectivity index (χ4v) is 3.92. The molecule has 1 heterocycles. The van der Waals surface area contributed by atoms with Crippen molar-refractivity contribution < 1.29 is 19.4 Å². The van der Waals surface area contributed by atoms with Crippen molar-refractivity contribution >= 4 is 28.3 Å². The summed E-state index contributed by atoms with van der Waals surface area (Å²) in [4.78, 5) is 14.9. The van der Waals surface area contributed by atoms with E-state index in [1.165, 1.54) is 12.1 Å². The average molecular weight is 437 g/mol. The molecule has 1 unspecified atom stereocenters. The van der Waals surface area contributed by atoms with Crippen LogP contribution in [0.4, 0.5) is 5.69 Å². The van der Waals surface area contributed by atoms with Gasteiger partial charge in [-0.2, -0.15) is 5.26 Å². The molecule has 1 aliphatic heterocycles. The number of ketones is 1. The molecule has 1 fully saturated rings. The minimum atomic E-state index is -0.175. The fraction of sp³-hybridized carbons (Fsp3) is 0.462. The maximum atomic E-state index is 12.4. The van der Waals surface area contributed by atoms with Crippen molar-refractivity contribution in [1.29, 1.82) is 5.26 Å². The molecular formula is C26H32N2O4. The molecule has 0 bridgehead atoms. The molecule has 0 radical (unpaired) electrons. The van der Waals surface area contributed by atoms with Gasteiger partial charge in [0, 0.05) is 31.3 Å². The lowest BCUT2D eigenvalue weighted by molar-refractivity contribution is -0.115. The summed E-state index contributed by atoms with van der Waals surface area (Å²) in [5, 5.41) is 20.3. The summed E-state index contributed by atoms with van der Waals surface area (Å²) >= 11 is 0. The molecule has 1 aliphatic rings. The second-order valence-corrected chi connectivity index (χ2v) is 7.98. The molecule has 32 heavy (non-hydrogen) atoms. The van der Waals surface area contributed by atoms with Crippen LogP contribution < -0.4 is 4.90 Å². The summed E-state index contributed by atoms with van der Waals surface area (Å²) in [7, 11) is 0. The third-order valence-electron chi connectivity index (χ3n) is 5.83. The van der Waals surface area contributed by atoms with Gasteiger partial charge in [0.15, 0.2) is 5.78 Å². The summed E-state index contributed by atoms with van der Waals surface area (Å²) in [5.41, 5.74) is 2.27. The zero-order chi connectivity index (χ0) is 22.8. The van der Waals surface area contributed by atoms with E-state index >= 15 is 0 Å². The summed E-state index contributed by atoms with van der Waals surface area (Å²) in [6, 6.07) is 15.2. The van der Waals surface area contributed by atoms with Gasteiger partial charge < -0.3 is 19.5 Å². The van der Waals surface area contributed by atoms with E-state index in [0.29, 0.717) is 38.9 Å². The molecule has 1 atom stereocenters. The summed E-state index contributed by atoms with van der Waals surface area (Å²) in [5.74, 6) is -0.175. The molecule has 3 rings (SSSR count). The number of carbonyl (C=O) groups excluding carboxylic acids is 1. The Bertz CT molecular complexity index is 977. The number of aliphatic hydroxyl groups excluding tert-OH is 1. The van der Waals surface area contributed by atoms with Crippen LogP contribution >= 0.6 is 0 Å². The molecule has 1 saturated heterocycles. The van der Waals surface area contributed by atoms with Crippen molar-refractivity contribution in [2.24, 2.45) is 0 Å². The number of nitrogens with zero attached hydrogens (tertiary/aromatic N) is 2. The largest absolute Gasteiger partial charge is 0.394 e. The number of nitriles is 1. The first-order valence-electron chi connectivity index (χ1n) is 11.4. The predicted molar refractivity (Wildman–Crippen MR) is 127 cm³/mol. The van der Waals surface area contributed by atoms with Crippen LogP contribution in [0.3, 0.4) is 0 Å². The highest BCUT2D eigenvalue weighted by molar-refractivity contribution is 6.03. The van der Waals surface area contributed by atoms with Crippen molar-refractivity contribution in [2.75, 3.05) is 44.5 Å². The maximum Gasteiger partial charge on any atom is 0.173 e. The van der Waals surface area contributed by atoms with Crippen LogP contribution in [0.1, 0.15) is 38.2 Å². The van der Waals surface area contributed by atoms with Crippen LogP contribution in [0.5, 0.6) is 0 Å². The average Bonchev–Trinajstić information content (AvgIpc) is 2.78. The normalized spacial score (nSPS) is 16.1. The van der Waals surface area contributed by atoms with Crippen LogP contribution in [-0.4, -0.2) is 56.5 Å². The van der Waals surface area contributed by atoms with E-state index in [9.17, 15) is 10.1 Å². The minimum absolute atomic E-state index is 0.00595. The van der Waals surface area contributed by atoms with Gasteiger partial charge in [0.2, 0.25) is 0 Å². The number of hydrogen-bond donors (Lipinski definition) is 1. The van der Waals surface area contributed by atoms with Crippen LogP contribution in [-0.2, 0) is 14.3 Å². The molecule has 0 aliphatic carbocycles. The number of carbonyl (C=O) groups is 1. The first-order valence-corrected chi connectivity index (χ1v) is 11.4. The number of ether oxygens (including phenoxy) is 2. The zero-order valence-electron chi connectivity index (χ0n) is 18.8. The van der Waals surface area contributed by atoms with Crippen molar-refractivity contribution in [1.82, 2.24) is 0 Å². The van der Waals surface area contributed by atoms with Gasteiger partial charge in [0.1, 0.15) is 6.07 Å². The smallest absolute Gasteiger partial charge is 0.173 e. The lowest BCUT2D eigenvalue weighted by Crippen LogP contribution is -2.47. The van der Waals surface area contributed by atoms with Gasteiger partial charge in [0.25, 0.3) is 0 Å². The highest BCUT2D eigenvalue weighted by Crippen LogP contribution is 2.31. The number of anilines is 1. The van der Waals surface area contributed by atoms with E-state index < -0.39 is 0 Å². The lowest BCUT2D eigenvalue weighted by Gasteiger charge is -2.42. The van der Waals surface area contributed by atoms with Gasteiger partial charge in [-0.05, 0) is 59.9 Å². The molecule has 2 aromatic rings. The second kappa shape index (κ2) is 12.4. The van der Waals surface area contributed by atoms with Gasteiger partial charge >= 0.3 is 0 Å². The number of hydrogen-bond acceptors (Lipinski definition) is 6. The van der Waals surface area contributed by atoms with Gasteiger partial charge in [-0.15, -0.1) is 0 Å². The molecule has 0 aromatic heterocycles. The molecule has 0 amide bonds. The van der Waals surface area contributed by atoms with Gasteiger partial charge in [-0.25, -0.2) is 0 Å². The van der Waals surface area contributed by atoms with Crippen LogP contribution in [0, 0.1) is 11.3 Å². The Morgan fingerprint density at radius 2 is 1.91 bits per heavy atom. The van der Waals surface area contributed by atoms with E-state index in [1.807, 2.05) is 18.2 Å². The Labute approximate surface area is 190 Å². The zero-order valence-corrected chi connectivity index (χ0v) is 18.8. The molecule has 0 saturated carbocycles. The van der Waals surface area contributed by atoms with Crippen molar-refractivity contribution in [3.63, 3.8) is 0 Å². The van der Waals surface area contributed by atoms with Crippen LogP contribution in [0.2, 0.25) is 0 Å². The maximum absolute atomic E-state index is 12.4. The fourth-order valence-electron chi connectivity index (χ4n) is 3.92. The van der Waals surface area contributed by atoms with Gasteiger partial charge in [-0.3, -0.25) is 4.79 Å². The van der Waals surface area contributed by atoms with Crippen molar-refractivity contribution in [3.05, 3.63) is 47.5 Å². The first-order chi connectivity index (χ1) is 15.7. The predicted octanol–water partition coefficient (Wildman–Crippen LogP) is 4.11. The number of benzene rings is 2. The second-order valence-electron chi connectivity index (χ2n) is 7.98. The Balaban J connectivity index is 1.56. The van der Waals surface area contributed by atoms with Gasteiger partial charge in [-0.1, -0.05) is 25.1 Å². The topological polar surface area (TPSA) is 82.8 Å². The third-order valence-corrected chi connectivity index (χ3v) is 5.83. The van der Waals surface area contributed by atoms with E-state index in [0.717, 1.165) is 29.3 Å². The number of allylic oxidation sites excluding steroid dienone is 1. The SMILES string of the molecule is CCC1CCN1c1ccc2cc(/C=C(\C#N)C(=O)CCCOCCOCCO)ccc2c1. The summed E-state index contributed by atoms with van der Waals surface area (Å²) in [6.45, 7) is 4.90. The molecular weight excluding hydrogens is 404 g/mol. The van der Waals surface area contributed by atoms with Crippen molar-refractivity contribution in [2.45, 2.75) is 38.6 Å². The Morgan fingerprint density at radius 1 is 1.16 bits per heavy atom. The summed E-state index contributed by atoms with van der Waals surface area (Å²) in [6.07, 6.45) is 4.91. The molecule has 2 aromatic carbocycles. The first kappa shape index (κ1) is 23.9. The quantitative estimate of drug-likeness (QED) is 0.289. The van der Waals surface area contributed by atoms with E-state index in [1.54, 1.807) is 6.08 Å². The highest BCUT2D eigenvalue weighted by atomic mass is 16.5. The Kier molecular flexibility index (Phi) is 9.24. The monoisotopic (exact) mass is 436 g/mol. The van der Waals surface area contributed by atoms with Crippen LogP contribution in [0.15, 0.2) is 42.0 Å². The molecule has 6 nitrogen and oxygen atoms in total.